The van der Waals surface area contributed by atoms with Crippen molar-refractivity contribution >= 4 is 11.9 Å². The third-order valence-corrected chi connectivity index (χ3v) is 2.63. The Kier molecular flexibility index (Phi) is 4.39. The summed E-state index contributed by atoms with van der Waals surface area (Å²) in [6, 6.07) is 4.48. The molecule has 0 radical (unpaired) electrons. The van der Waals surface area contributed by atoms with E-state index in [4.69, 9.17) is 5.11 Å². The highest BCUT2D eigenvalue weighted by Crippen LogP contribution is 2.00. The van der Waals surface area contributed by atoms with Crippen molar-refractivity contribution in [3.05, 3.63) is 58.5 Å². The summed E-state index contributed by atoms with van der Waals surface area (Å²) in [5.41, 5.74) is 0.0963. The molecule has 0 aliphatic rings. The second-order valence-electron chi connectivity index (χ2n) is 4.16. The molecule has 0 fully saturated rings. The number of nitrogens with zero attached hydrogens (tertiary/aromatic N) is 3. The first-order chi connectivity index (χ1) is 10.1. The minimum absolute atomic E-state index is 0.0630. The largest absolute Gasteiger partial charge is 0.477 e. The predicted molar refractivity (Wildman–Crippen MR) is 71.5 cm³/mol. The number of carboxylic acid groups (broad SMARTS) is 1. The average Bonchev–Trinajstić information content (AvgIpc) is 2.48. The predicted octanol–water partition coefficient (Wildman–Crippen LogP) is -0.347. The zero-order valence-electron chi connectivity index (χ0n) is 10.9. The Labute approximate surface area is 119 Å². The van der Waals surface area contributed by atoms with Crippen LogP contribution in [0.5, 0.6) is 0 Å². The zero-order chi connectivity index (χ0) is 15.2. The topological polar surface area (TPSA) is 114 Å². The lowest BCUT2D eigenvalue weighted by atomic mass is 10.2. The third kappa shape index (κ3) is 3.96. The Balaban J connectivity index is 1.91. The molecule has 8 nitrogen and oxygen atoms in total. The van der Waals surface area contributed by atoms with Gasteiger partial charge in [-0.05, 0) is 17.7 Å². The first kappa shape index (κ1) is 14.4. The molecule has 1 amide bonds. The van der Waals surface area contributed by atoms with Crippen LogP contribution in [0.2, 0.25) is 0 Å². The highest BCUT2D eigenvalue weighted by Gasteiger charge is 2.06. The normalized spacial score (nSPS) is 10.1. The molecule has 0 saturated heterocycles. The van der Waals surface area contributed by atoms with E-state index >= 15 is 0 Å². The zero-order valence-corrected chi connectivity index (χ0v) is 10.9. The van der Waals surface area contributed by atoms with Crippen LogP contribution in [-0.4, -0.2) is 31.5 Å². The molecule has 0 aliphatic heterocycles. The van der Waals surface area contributed by atoms with Crippen LogP contribution in [0.3, 0.4) is 0 Å². The molecule has 0 saturated carbocycles. The molecule has 2 aromatic rings. The van der Waals surface area contributed by atoms with Gasteiger partial charge < -0.3 is 10.4 Å². The van der Waals surface area contributed by atoms with E-state index in [2.05, 4.69) is 15.3 Å². The Hall–Kier alpha value is -3.03. The maximum atomic E-state index is 11.7. The molecule has 0 aromatic carbocycles. The summed E-state index contributed by atoms with van der Waals surface area (Å²) in [6.45, 7) is 0.0635. The fourth-order valence-electron chi connectivity index (χ4n) is 1.57. The van der Waals surface area contributed by atoms with Crippen molar-refractivity contribution in [2.24, 2.45) is 0 Å². The highest BCUT2D eigenvalue weighted by molar-refractivity contribution is 5.85. The van der Waals surface area contributed by atoms with Crippen LogP contribution in [0.4, 0.5) is 0 Å². The maximum absolute atomic E-state index is 11.7. The lowest BCUT2D eigenvalue weighted by Gasteiger charge is -2.06. The van der Waals surface area contributed by atoms with Gasteiger partial charge in [-0.15, -0.1) is 0 Å². The summed E-state index contributed by atoms with van der Waals surface area (Å²) in [6.07, 6.45) is 4.20. The quantitative estimate of drug-likeness (QED) is 0.777. The first-order valence-corrected chi connectivity index (χ1v) is 6.02. The summed E-state index contributed by atoms with van der Waals surface area (Å²) < 4.78 is 1.18. The molecule has 2 aromatic heterocycles. The van der Waals surface area contributed by atoms with Gasteiger partial charge in [0.2, 0.25) is 5.91 Å². The van der Waals surface area contributed by atoms with Crippen LogP contribution >= 0.6 is 0 Å². The number of amides is 1. The van der Waals surface area contributed by atoms with Crippen LogP contribution in [0.15, 0.2) is 41.6 Å². The molecule has 8 heteroatoms. The van der Waals surface area contributed by atoms with Crippen LogP contribution in [0.25, 0.3) is 0 Å². The SMILES string of the molecule is O=C(Cn1cccnc1=O)NCc1ccc(C(=O)O)nc1. The Morgan fingerprint density at radius 2 is 2.10 bits per heavy atom. The van der Waals surface area contributed by atoms with Crippen LogP contribution in [0, 0.1) is 0 Å². The summed E-state index contributed by atoms with van der Waals surface area (Å²) in [5.74, 6) is -1.46. The van der Waals surface area contributed by atoms with E-state index in [-0.39, 0.29) is 24.7 Å². The van der Waals surface area contributed by atoms with E-state index in [1.807, 2.05) is 0 Å². The number of aromatic nitrogens is 3. The number of pyridine rings is 1. The number of hydrogen-bond donors (Lipinski definition) is 2. The second-order valence-corrected chi connectivity index (χ2v) is 4.16. The van der Waals surface area contributed by atoms with Crippen molar-refractivity contribution in [1.82, 2.24) is 19.9 Å². The van der Waals surface area contributed by atoms with Crippen molar-refractivity contribution in [3.8, 4) is 0 Å². The van der Waals surface area contributed by atoms with E-state index in [9.17, 15) is 14.4 Å². The fourth-order valence-corrected chi connectivity index (χ4v) is 1.57. The van der Waals surface area contributed by atoms with Crippen molar-refractivity contribution < 1.29 is 14.7 Å². The second kappa shape index (κ2) is 6.42. The minimum atomic E-state index is -1.11. The number of carboxylic acids is 1. The van der Waals surface area contributed by atoms with Gasteiger partial charge in [0.15, 0.2) is 0 Å². The van der Waals surface area contributed by atoms with Crippen molar-refractivity contribution in [1.29, 1.82) is 0 Å². The number of carbonyl (C=O) groups is 2. The Morgan fingerprint density at radius 1 is 1.29 bits per heavy atom. The fraction of sp³-hybridized carbons (Fsp3) is 0.154. The number of carbonyl (C=O) groups excluding carboxylic acids is 1. The molecule has 2 N–H and O–H groups in total. The third-order valence-electron chi connectivity index (χ3n) is 2.63. The molecule has 21 heavy (non-hydrogen) atoms. The Morgan fingerprint density at radius 3 is 2.71 bits per heavy atom. The summed E-state index contributed by atoms with van der Waals surface area (Å²) in [5, 5.41) is 11.3. The number of nitrogens with one attached hydrogen (secondary N) is 1. The number of rotatable bonds is 5. The van der Waals surface area contributed by atoms with E-state index < -0.39 is 11.7 Å². The molecular weight excluding hydrogens is 276 g/mol. The first-order valence-electron chi connectivity index (χ1n) is 6.02. The van der Waals surface area contributed by atoms with Gasteiger partial charge in [0.25, 0.3) is 0 Å². The minimum Gasteiger partial charge on any atom is -0.477 e. The van der Waals surface area contributed by atoms with Gasteiger partial charge in [0.05, 0.1) is 0 Å². The molecule has 0 bridgehead atoms. The van der Waals surface area contributed by atoms with Crippen molar-refractivity contribution in [2.45, 2.75) is 13.1 Å². The van der Waals surface area contributed by atoms with Crippen LogP contribution in [-0.2, 0) is 17.9 Å². The standard InChI is InChI=1S/C13H12N4O4/c18-11(8-17-5-1-4-14-13(17)21)16-7-9-2-3-10(12(19)20)15-6-9/h1-6H,7-8H2,(H,16,18)(H,19,20). The van der Waals surface area contributed by atoms with Gasteiger partial charge in [0.1, 0.15) is 12.2 Å². The molecule has 0 aliphatic carbocycles. The average molecular weight is 288 g/mol. The van der Waals surface area contributed by atoms with Crippen LogP contribution in [0.1, 0.15) is 16.1 Å². The van der Waals surface area contributed by atoms with Gasteiger partial charge >= 0.3 is 11.7 Å². The number of hydrogen-bond acceptors (Lipinski definition) is 5. The van der Waals surface area contributed by atoms with Gasteiger partial charge in [-0.2, -0.15) is 0 Å². The van der Waals surface area contributed by atoms with E-state index in [1.165, 1.54) is 29.2 Å². The Bertz CT molecular complexity index is 709. The van der Waals surface area contributed by atoms with Crippen LogP contribution < -0.4 is 11.0 Å². The van der Waals surface area contributed by atoms with Gasteiger partial charge in [-0.25, -0.2) is 19.6 Å². The van der Waals surface area contributed by atoms with E-state index in [1.54, 1.807) is 12.1 Å². The highest BCUT2D eigenvalue weighted by atomic mass is 16.4. The molecule has 2 rings (SSSR count). The number of aromatic carboxylic acids is 1. The van der Waals surface area contributed by atoms with Gasteiger partial charge in [0, 0.05) is 25.1 Å². The molecule has 108 valence electrons. The molecule has 0 atom stereocenters. The maximum Gasteiger partial charge on any atom is 0.354 e. The summed E-state index contributed by atoms with van der Waals surface area (Å²) in [7, 11) is 0. The monoisotopic (exact) mass is 288 g/mol. The lowest BCUT2D eigenvalue weighted by Crippen LogP contribution is -2.32. The van der Waals surface area contributed by atoms with Crippen molar-refractivity contribution in [2.75, 3.05) is 0 Å². The van der Waals surface area contributed by atoms with Gasteiger partial charge in [-0.3, -0.25) is 9.36 Å². The lowest BCUT2D eigenvalue weighted by molar-refractivity contribution is -0.121. The molecular formula is C13H12N4O4. The van der Waals surface area contributed by atoms with Gasteiger partial charge in [-0.1, -0.05) is 6.07 Å². The van der Waals surface area contributed by atoms with E-state index in [0.717, 1.165) is 0 Å². The summed E-state index contributed by atoms with van der Waals surface area (Å²) >= 11 is 0. The summed E-state index contributed by atoms with van der Waals surface area (Å²) in [4.78, 5) is 41.0. The smallest absolute Gasteiger partial charge is 0.354 e. The van der Waals surface area contributed by atoms with E-state index in [0.29, 0.717) is 5.56 Å². The molecule has 0 unspecified atom stereocenters. The van der Waals surface area contributed by atoms with Crippen molar-refractivity contribution in [3.63, 3.8) is 0 Å². The molecule has 0 spiro atoms. The molecule has 2 heterocycles.